The smallest absolute Gasteiger partial charge is 0.182 e. The van der Waals surface area contributed by atoms with Crippen LogP contribution < -0.4 is 0 Å². The van der Waals surface area contributed by atoms with Crippen LogP contribution in [0.1, 0.15) is 10.4 Å². The number of hydrogen-bond donors (Lipinski definition) is 0. The summed E-state index contributed by atoms with van der Waals surface area (Å²) in [6.45, 7) is 0.229. The Balaban J connectivity index is 1.80. The first-order chi connectivity index (χ1) is 12.2. The van der Waals surface area contributed by atoms with Gasteiger partial charge in [-0.2, -0.15) is 0 Å². The van der Waals surface area contributed by atoms with Crippen LogP contribution in [0, 0.1) is 0 Å². The van der Waals surface area contributed by atoms with Gasteiger partial charge in [-0.05, 0) is 36.4 Å². The Kier molecular flexibility index (Phi) is 4.08. The standard InChI is InChI=1S/C21H15ClN2O/c22-17-12-10-15(11-13-17)20(25)14-24-19-9-5-4-8-18(19)23-21(24)16-6-2-1-3-7-16/h1-13H,14H2. The molecule has 4 rings (SSSR count). The molecule has 0 spiro atoms. The largest absolute Gasteiger partial charge is 0.316 e. The van der Waals surface area contributed by atoms with Gasteiger partial charge in [0.25, 0.3) is 0 Å². The van der Waals surface area contributed by atoms with Crippen molar-refractivity contribution in [2.24, 2.45) is 0 Å². The second-order valence-corrected chi connectivity index (χ2v) is 6.24. The number of rotatable bonds is 4. The second kappa shape index (κ2) is 6.54. The van der Waals surface area contributed by atoms with Crippen molar-refractivity contribution >= 4 is 28.4 Å². The first-order valence-electron chi connectivity index (χ1n) is 8.02. The molecule has 0 saturated heterocycles. The average molecular weight is 347 g/mol. The van der Waals surface area contributed by atoms with Crippen LogP contribution >= 0.6 is 11.6 Å². The second-order valence-electron chi connectivity index (χ2n) is 5.81. The van der Waals surface area contributed by atoms with E-state index in [1.165, 1.54) is 0 Å². The molecule has 1 heterocycles. The van der Waals surface area contributed by atoms with E-state index in [1.807, 2.05) is 59.2 Å². The topological polar surface area (TPSA) is 34.9 Å². The van der Waals surface area contributed by atoms with Crippen LogP contribution in [0.3, 0.4) is 0 Å². The number of imidazole rings is 1. The molecule has 0 amide bonds. The number of Topliss-reactive ketones (excluding diaryl/α,β-unsaturated/α-hetero) is 1. The average Bonchev–Trinajstić information content (AvgIpc) is 3.02. The molecule has 0 aliphatic heterocycles. The third kappa shape index (κ3) is 3.06. The molecule has 0 aliphatic rings. The zero-order valence-electron chi connectivity index (χ0n) is 13.4. The first-order valence-corrected chi connectivity index (χ1v) is 8.39. The van der Waals surface area contributed by atoms with Crippen molar-refractivity contribution in [2.75, 3.05) is 0 Å². The monoisotopic (exact) mass is 346 g/mol. The van der Waals surface area contributed by atoms with E-state index in [9.17, 15) is 4.79 Å². The van der Waals surface area contributed by atoms with E-state index >= 15 is 0 Å². The van der Waals surface area contributed by atoms with Crippen LogP contribution in [-0.4, -0.2) is 15.3 Å². The van der Waals surface area contributed by atoms with E-state index in [2.05, 4.69) is 0 Å². The molecule has 1 aromatic heterocycles. The molecule has 0 saturated carbocycles. The number of fused-ring (bicyclic) bond motifs is 1. The molecule has 4 heteroatoms. The summed E-state index contributed by atoms with van der Waals surface area (Å²) in [7, 11) is 0. The van der Waals surface area contributed by atoms with Crippen LogP contribution in [0.4, 0.5) is 0 Å². The Morgan fingerprint density at radius 1 is 0.880 bits per heavy atom. The summed E-state index contributed by atoms with van der Waals surface area (Å²) < 4.78 is 1.97. The van der Waals surface area contributed by atoms with Gasteiger partial charge in [-0.25, -0.2) is 4.98 Å². The summed E-state index contributed by atoms with van der Waals surface area (Å²) in [5.74, 6) is 0.820. The first kappa shape index (κ1) is 15.6. The summed E-state index contributed by atoms with van der Waals surface area (Å²) in [6, 6.07) is 24.8. The van der Waals surface area contributed by atoms with Crippen LogP contribution in [0.15, 0.2) is 78.9 Å². The molecule has 3 nitrogen and oxygen atoms in total. The summed E-state index contributed by atoms with van der Waals surface area (Å²) in [6.07, 6.45) is 0. The number of hydrogen-bond acceptors (Lipinski definition) is 2. The van der Waals surface area contributed by atoms with Crippen molar-refractivity contribution in [3.63, 3.8) is 0 Å². The maximum atomic E-state index is 12.8. The minimum Gasteiger partial charge on any atom is -0.316 e. The highest BCUT2D eigenvalue weighted by Crippen LogP contribution is 2.25. The summed E-state index contributed by atoms with van der Waals surface area (Å²) in [5.41, 5.74) is 3.46. The van der Waals surface area contributed by atoms with Gasteiger partial charge >= 0.3 is 0 Å². The Morgan fingerprint density at radius 2 is 1.56 bits per heavy atom. The lowest BCUT2D eigenvalue weighted by atomic mass is 10.1. The molecule has 0 fully saturated rings. The van der Waals surface area contributed by atoms with Gasteiger partial charge in [0.1, 0.15) is 5.82 Å². The van der Waals surface area contributed by atoms with Crippen molar-refractivity contribution in [1.82, 2.24) is 9.55 Å². The Morgan fingerprint density at radius 3 is 2.32 bits per heavy atom. The molecule has 0 N–H and O–H groups in total. The Bertz CT molecular complexity index is 1040. The maximum Gasteiger partial charge on any atom is 0.182 e. The molecule has 0 radical (unpaired) electrons. The molecule has 0 bridgehead atoms. The Hall–Kier alpha value is -2.91. The number of aromatic nitrogens is 2. The third-order valence-corrected chi connectivity index (χ3v) is 4.41. The molecule has 25 heavy (non-hydrogen) atoms. The van der Waals surface area contributed by atoms with E-state index in [0.717, 1.165) is 22.4 Å². The molecular formula is C21H15ClN2O. The highest BCUT2D eigenvalue weighted by molar-refractivity contribution is 6.30. The van der Waals surface area contributed by atoms with Crippen molar-refractivity contribution in [3.05, 3.63) is 89.4 Å². The van der Waals surface area contributed by atoms with Crippen molar-refractivity contribution in [2.45, 2.75) is 6.54 Å². The van der Waals surface area contributed by atoms with E-state index < -0.39 is 0 Å². The van der Waals surface area contributed by atoms with Gasteiger partial charge in [0, 0.05) is 16.1 Å². The minimum atomic E-state index is 0.0250. The van der Waals surface area contributed by atoms with E-state index in [4.69, 9.17) is 16.6 Å². The number of para-hydroxylation sites is 2. The molecule has 4 aromatic rings. The molecule has 122 valence electrons. The lowest BCUT2D eigenvalue weighted by Crippen LogP contribution is -2.11. The van der Waals surface area contributed by atoms with E-state index in [0.29, 0.717) is 10.6 Å². The molecule has 0 atom stereocenters. The van der Waals surface area contributed by atoms with Crippen LogP contribution in [0.2, 0.25) is 5.02 Å². The number of nitrogens with zero attached hydrogens (tertiary/aromatic N) is 2. The lowest BCUT2D eigenvalue weighted by Gasteiger charge is -2.09. The molecule has 3 aromatic carbocycles. The van der Waals surface area contributed by atoms with E-state index in [1.54, 1.807) is 24.3 Å². The van der Waals surface area contributed by atoms with Crippen LogP contribution in [-0.2, 0) is 6.54 Å². The molecule has 0 unspecified atom stereocenters. The predicted octanol–water partition coefficient (Wildman–Crippen LogP) is 5.24. The minimum absolute atomic E-state index is 0.0250. The fourth-order valence-electron chi connectivity index (χ4n) is 2.91. The zero-order valence-corrected chi connectivity index (χ0v) is 14.1. The zero-order chi connectivity index (χ0) is 17.2. The number of carbonyl (C=O) groups excluding carboxylic acids is 1. The van der Waals surface area contributed by atoms with Gasteiger partial charge in [-0.1, -0.05) is 54.1 Å². The van der Waals surface area contributed by atoms with Gasteiger partial charge in [0.2, 0.25) is 0 Å². The van der Waals surface area contributed by atoms with Gasteiger partial charge in [0.15, 0.2) is 5.78 Å². The predicted molar refractivity (Wildman–Crippen MR) is 101 cm³/mol. The van der Waals surface area contributed by atoms with Gasteiger partial charge in [-0.15, -0.1) is 0 Å². The summed E-state index contributed by atoms with van der Waals surface area (Å²) in [4.78, 5) is 17.5. The van der Waals surface area contributed by atoms with Gasteiger partial charge in [-0.3, -0.25) is 4.79 Å². The lowest BCUT2D eigenvalue weighted by molar-refractivity contribution is 0.0974. The van der Waals surface area contributed by atoms with Crippen LogP contribution in [0.5, 0.6) is 0 Å². The SMILES string of the molecule is O=C(Cn1c(-c2ccccc2)nc2ccccc21)c1ccc(Cl)cc1. The van der Waals surface area contributed by atoms with Gasteiger partial charge < -0.3 is 4.57 Å². The molecular weight excluding hydrogens is 332 g/mol. The highest BCUT2D eigenvalue weighted by atomic mass is 35.5. The van der Waals surface area contributed by atoms with Crippen molar-refractivity contribution < 1.29 is 4.79 Å². The van der Waals surface area contributed by atoms with Gasteiger partial charge in [0.05, 0.1) is 17.6 Å². The maximum absolute atomic E-state index is 12.8. The third-order valence-electron chi connectivity index (χ3n) is 4.15. The fraction of sp³-hybridized carbons (Fsp3) is 0.0476. The normalized spacial score (nSPS) is 10.9. The van der Waals surface area contributed by atoms with Crippen LogP contribution in [0.25, 0.3) is 22.4 Å². The summed E-state index contributed by atoms with van der Waals surface area (Å²) >= 11 is 5.92. The fourth-order valence-corrected chi connectivity index (χ4v) is 3.04. The highest BCUT2D eigenvalue weighted by Gasteiger charge is 2.15. The van der Waals surface area contributed by atoms with Crippen molar-refractivity contribution in [1.29, 1.82) is 0 Å². The van der Waals surface area contributed by atoms with E-state index in [-0.39, 0.29) is 12.3 Å². The Labute approximate surface area is 150 Å². The number of halogens is 1. The van der Waals surface area contributed by atoms with Crippen molar-refractivity contribution in [3.8, 4) is 11.4 Å². The summed E-state index contributed by atoms with van der Waals surface area (Å²) in [5, 5.41) is 0.620. The quantitative estimate of drug-likeness (QED) is 0.474. The number of benzene rings is 3. The number of ketones is 1. The molecule has 0 aliphatic carbocycles. The number of carbonyl (C=O) groups is 1.